The van der Waals surface area contributed by atoms with Crippen LogP contribution in [0.1, 0.15) is 11.1 Å². The van der Waals surface area contributed by atoms with E-state index in [9.17, 15) is 10.1 Å². The Balaban J connectivity index is 2.66. The minimum atomic E-state index is -0.489. The van der Waals surface area contributed by atoms with Gasteiger partial charge >= 0.3 is 0 Å². The predicted molar refractivity (Wildman–Crippen MR) is 74.4 cm³/mol. The van der Waals surface area contributed by atoms with Gasteiger partial charge in [-0.05, 0) is 23.3 Å². The zero-order valence-electron chi connectivity index (χ0n) is 9.96. The zero-order valence-corrected chi connectivity index (χ0v) is 9.96. The molecule has 3 nitrogen and oxygen atoms in total. The quantitative estimate of drug-likeness (QED) is 0.464. The Hall–Kier alpha value is -3.04. The van der Waals surface area contributed by atoms with Gasteiger partial charge in [0, 0.05) is 11.6 Å². The molecule has 0 aliphatic heterocycles. The van der Waals surface area contributed by atoms with E-state index in [1.807, 2.05) is 18.2 Å². The van der Waals surface area contributed by atoms with E-state index in [0.29, 0.717) is 11.1 Å². The molecule has 0 saturated carbocycles. The number of rotatable bonds is 2. The summed E-state index contributed by atoms with van der Waals surface area (Å²) in [5.74, 6) is 4.86. The minimum Gasteiger partial charge on any atom is -0.258 e. The molecule has 0 spiro atoms. The van der Waals surface area contributed by atoms with Crippen molar-refractivity contribution in [3.8, 4) is 35.8 Å². The van der Waals surface area contributed by atoms with Gasteiger partial charge in [0.05, 0.1) is 4.92 Å². The van der Waals surface area contributed by atoms with Crippen molar-refractivity contribution in [3.05, 3.63) is 63.7 Å². The molecule has 2 aromatic rings. The second kappa shape index (κ2) is 5.08. The van der Waals surface area contributed by atoms with Crippen LogP contribution in [0.2, 0.25) is 0 Å². The number of benzene rings is 2. The molecule has 0 heterocycles. The van der Waals surface area contributed by atoms with Crippen LogP contribution in [0.5, 0.6) is 0 Å². The summed E-state index contributed by atoms with van der Waals surface area (Å²) in [6.45, 7) is 0. The molecule has 0 aliphatic carbocycles. The van der Waals surface area contributed by atoms with Crippen molar-refractivity contribution in [1.82, 2.24) is 0 Å². The van der Waals surface area contributed by atoms with Crippen molar-refractivity contribution in [3.63, 3.8) is 0 Å². The molecule has 2 rings (SSSR count). The summed E-state index contributed by atoms with van der Waals surface area (Å²) in [4.78, 5) is 10.5. The first-order valence-corrected chi connectivity index (χ1v) is 5.48. The van der Waals surface area contributed by atoms with Crippen molar-refractivity contribution in [2.45, 2.75) is 0 Å². The largest absolute Gasteiger partial charge is 0.285 e. The van der Waals surface area contributed by atoms with Crippen molar-refractivity contribution >= 4 is 5.69 Å². The average molecular weight is 247 g/mol. The SMILES string of the molecule is C#Cc1ccccc1-c1ccc(C#C)c([N+](=O)[O-])c1. The number of terminal acetylenes is 2. The molecule has 0 radical (unpaired) electrons. The van der Waals surface area contributed by atoms with Crippen molar-refractivity contribution < 1.29 is 4.92 Å². The highest BCUT2D eigenvalue weighted by molar-refractivity contribution is 5.74. The topological polar surface area (TPSA) is 43.1 Å². The maximum Gasteiger partial charge on any atom is 0.285 e. The van der Waals surface area contributed by atoms with Crippen LogP contribution < -0.4 is 0 Å². The molecule has 19 heavy (non-hydrogen) atoms. The second-order valence-electron chi connectivity index (χ2n) is 3.82. The Morgan fingerprint density at radius 2 is 1.68 bits per heavy atom. The van der Waals surface area contributed by atoms with Gasteiger partial charge in [-0.15, -0.1) is 12.8 Å². The van der Waals surface area contributed by atoms with Crippen molar-refractivity contribution in [1.29, 1.82) is 0 Å². The monoisotopic (exact) mass is 247 g/mol. The highest BCUT2D eigenvalue weighted by atomic mass is 16.6. The van der Waals surface area contributed by atoms with Crippen molar-refractivity contribution in [2.75, 3.05) is 0 Å². The lowest BCUT2D eigenvalue weighted by Gasteiger charge is -2.05. The molecule has 90 valence electrons. The van der Waals surface area contributed by atoms with Crippen LogP contribution >= 0.6 is 0 Å². The van der Waals surface area contributed by atoms with Gasteiger partial charge in [-0.3, -0.25) is 10.1 Å². The third kappa shape index (κ3) is 2.31. The Kier molecular flexibility index (Phi) is 3.32. The summed E-state index contributed by atoms with van der Waals surface area (Å²) >= 11 is 0. The number of hydrogen-bond acceptors (Lipinski definition) is 2. The van der Waals surface area contributed by atoms with Crippen LogP contribution in [0.3, 0.4) is 0 Å². The number of nitro groups is 1. The van der Waals surface area contributed by atoms with Gasteiger partial charge < -0.3 is 0 Å². The van der Waals surface area contributed by atoms with Crippen LogP contribution in [0.15, 0.2) is 42.5 Å². The van der Waals surface area contributed by atoms with Crippen LogP contribution in [0, 0.1) is 34.8 Å². The van der Waals surface area contributed by atoms with Crippen LogP contribution in [0.25, 0.3) is 11.1 Å². The summed E-state index contributed by atoms with van der Waals surface area (Å²) in [7, 11) is 0. The number of nitrogens with zero attached hydrogens (tertiary/aromatic N) is 1. The summed E-state index contributed by atoms with van der Waals surface area (Å²) in [6, 6.07) is 12.0. The molecular formula is C16H9NO2. The van der Waals surface area contributed by atoms with Crippen LogP contribution in [-0.2, 0) is 0 Å². The summed E-state index contributed by atoms with van der Waals surface area (Å²) in [6.07, 6.45) is 10.7. The zero-order chi connectivity index (χ0) is 13.8. The maximum absolute atomic E-state index is 11.0. The van der Waals surface area contributed by atoms with E-state index in [1.165, 1.54) is 6.07 Å². The highest BCUT2D eigenvalue weighted by Crippen LogP contribution is 2.28. The van der Waals surface area contributed by atoms with E-state index in [-0.39, 0.29) is 11.3 Å². The molecule has 0 N–H and O–H groups in total. The molecule has 0 bridgehead atoms. The van der Waals surface area contributed by atoms with Crippen molar-refractivity contribution in [2.24, 2.45) is 0 Å². The summed E-state index contributed by atoms with van der Waals surface area (Å²) < 4.78 is 0. The highest BCUT2D eigenvalue weighted by Gasteiger charge is 2.14. The summed E-state index contributed by atoms with van der Waals surface area (Å²) in [5, 5.41) is 11.0. The molecule has 0 unspecified atom stereocenters. The fourth-order valence-corrected chi connectivity index (χ4v) is 1.83. The maximum atomic E-state index is 11.0. The van der Waals surface area contributed by atoms with E-state index < -0.39 is 4.92 Å². The van der Waals surface area contributed by atoms with E-state index in [4.69, 9.17) is 12.8 Å². The Bertz CT molecular complexity index is 733. The Morgan fingerprint density at radius 1 is 1.00 bits per heavy atom. The molecule has 3 heteroatoms. The Labute approximate surface area is 111 Å². The lowest BCUT2D eigenvalue weighted by Crippen LogP contribution is -1.93. The first kappa shape index (κ1) is 12.4. The van der Waals surface area contributed by atoms with Gasteiger partial charge in [-0.2, -0.15) is 0 Å². The molecule has 2 aromatic carbocycles. The standard InChI is InChI=1S/C16H9NO2/c1-3-12-7-5-6-8-15(12)14-10-9-13(4-2)16(11-14)17(18)19/h1-2,5-11H. The number of nitro benzene ring substituents is 1. The predicted octanol–water partition coefficient (Wildman–Crippen LogP) is 3.22. The second-order valence-corrected chi connectivity index (χ2v) is 3.82. The average Bonchev–Trinajstić information content (AvgIpc) is 2.46. The normalized spacial score (nSPS) is 9.37. The molecule has 0 aromatic heterocycles. The van der Waals surface area contributed by atoms with E-state index >= 15 is 0 Å². The lowest BCUT2D eigenvalue weighted by atomic mass is 9.98. The Morgan fingerprint density at radius 3 is 2.32 bits per heavy atom. The van der Waals surface area contributed by atoms with E-state index in [1.54, 1.807) is 18.2 Å². The smallest absolute Gasteiger partial charge is 0.258 e. The van der Waals surface area contributed by atoms with Gasteiger partial charge in [0.2, 0.25) is 0 Å². The number of hydrogen-bond donors (Lipinski definition) is 0. The van der Waals surface area contributed by atoms with Gasteiger partial charge in [-0.1, -0.05) is 36.1 Å². The summed E-state index contributed by atoms with van der Waals surface area (Å²) in [5.41, 5.74) is 2.31. The molecule has 0 saturated heterocycles. The van der Waals surface area contributed by atoms with E-state index in [0.717, 1.165) is 5.56 Å². The van der Waals surface area contributed by atoms with Gasteiger partial charge in [0.15, 0.2) is 0 Å². The first-order valence-electron chi connectivity index (χ1n) is 5.48. The van der Waals surface area contributed by atoms with Crippen LogP contribution in [0.4, 0.5) is 5.69 Å². The van der Waals surface area contributed by atoms with E-state index in [2.05, 4.69) is 11.8 Å². The fourth-order valence-electron chi connectivity index (χ4n) is 1.83. The third-order valence-electron chi connectivity index (χ3n) is 2.74. The molecule has 0 atom stereocenters. The van der Waals surface area contributed by atoms with Crippen LogP contribution in [-0.4, -0.2) is 4.92 Å². The fraction of sp³-hybridized carbons (Fsp3) is 0. The lowest BCUT2D eigenvalue weighted by molar-refractivity contribution is -0.385. The molecule has 0 amide bonds. The molecule has 0 aliphatic rings. The van der Waals surface area contributed by atoms with Gasteiger partial charge in [0.1, 0.15) is 5.56 Å². The van der Waals surface area contributed by atoms with Gasteiger partial charge in [-0.25, -0.2) is 0 Å². The minimum absolute atomic E-state index is 0.0909. The molecular weight excluding hydrogens is 238 g/mol. The third-order valence-corrected chi connectivity index (χ3v) is 2.74. The van der Waals surface area contributed by atoms with Gasteiger partial charge in [0.25, 0.3) is 5.69 Å². The molecule has 0 fully saturated rings. The first-order chi connectivity index (χ1) is 9.17.